The van der Waals surface area contributed by atoms with E-state index in [4.69, 9.17) is 5.11 Å². The molecule has 0 aromatic heterocycles. The minimum absolute atomic E-state index is 0.289. The van der Waals surface area contributed by atoms with Crippen molar-refractivity contribution in [2.45, 2.75) is 25.1 Å². The Balaban J connectivity index is 2.07. The molecule has 1 aliphatic heterocycles. The fourth-order valence-corrected chi connectivity index (χ4v) is 2.80. The zero-order chi connectivity index (χ0) is 14.7. The number of hydrogen-bond donors (Lipinski definition) is 2. The molecule has 0 aliphatic carbocycles. The van der Waals surface area contributed by atoms with Gasteiger partial charge in [0.15, 0.2) is 0 Å². The van der Waals surface area contributed by atoms with E-state index in [1.165, 1.54) is 0 Å². The smallest absolute Gasteiger partial charge is 0.335 e. The summed E-state index contributed by atoms with van der Waals surface area (Å²) in [5.41, 5.74) is 1.29. The first-order chi connectivity index (χ1) is 9.45. The van der Waals surface area contributed by atoms with E-state index in [1.54, 1.807) is 18.2 Å². The van der Waals surface area contributed by atoms with Crippen LogP contribution in [0.2, 0.25) is 0 Å². The lowest BCUT2D eigenvalue weighted by Crippen LogP contribution is -2.37. The average Bonchev–Trinajstić information content (AvgIpc) is 2.68. The van der Waals surface area contributed by atoms with Crippen molar-refractivity contribution in [1.29, 1.82) is 0 Å². The lowest BCUT2D eigenvalue weighted by molar-refractivity contribution is 0.0696. The molecule has 110 valence electrons. The molecule has 5 heteroatoms. The van der Waals surface area contributed by atoms with E-state index < -0.39 is 5.97 Å². The van der Waals surface area contributed by atoms with Crippen LogP contribution in [0.5, 0.6) is 0 Å². The number of aliphatic hydroxyl groups excluding tert-OH is 1. The number of benzene rings is 1. The summed E-state index contributed by atoms with van der Waals surface area (Å²) in [5, 5.41) is 18.9. The van der Waals surface area contributed by atoms with E-state index in [0.717, 1.165) is 18.5 Å². The summed E-state index contributed by atoms with van der Waals surface area (Å²) in [4.78, 5) is 15.3. The predicted molar refractivity (Wildman–Crippen MR) is 76.8 cm³/mol. The first-order valence-electron chi connectivity index (χ1n) is 6.85. The quantitative estimate of drug-likeness (QED) is 0.837. The van der Waals surface area contributed by atoms with Crippen LogP contribution in [-0.2, 0) is 6.54 Å². The van der Waals surface area contributed by atoms with Gasteiger partial charge in [0.05, 0.1) is 11.7 Å². The van der Waals surface area contributed by atoms with Gasteiger partial charge in [-0.15, -0.1) is 0 Å². The Bertz CT molecular complexity index is 476. The lowest BCUT2D eigenvalue weighted by atomic mass is 10.1. The molecular weight excluding hydrogens is 256 g/mol. The average molecular weight is 278 g/mol. The third-order valence-electron chi connectivity index (χ3n) is 3.64. The summed E-state index contributed by atoms with van der Waals surface area (Å²) in [6, 6.07) is 7.33. The van der Waals surface area contributed by atoms with E-state index in [-0.39, 0.29) is 6.10 Å². The molecule has 2 atom stereocenters. The molecule has 20 heavy (non-hydrogen) atoms. The van der Waals surface area contributed by atoms with Crippen LogP contribution < -0.4 is 0 Å². The van der Waals surface area contributed by atoms with Crippen LogP contribution in [0.15, 0.2) is 24.3 Å². The Morgan fingerprint density at radius 2 is 2.20 bits per heavy atom. The number of aromatic carboxylic acids is 1. The molecule has 2 unspecified atom stereocenters. The van der Waals surface area contributed by atoms with Crippen LogP contribution in [0.3, 0.4) is 0 Å². The summed E-state index contributed by atoms with van der Waals surface area (Å²) in [5.74, 6) is -0.904. The molecule has 5 nitrogen and oxygen atoms in total. The maximum atomic E-state index is 11.0. The third kappa shape index (κ3) is 3.79. The van der Waals surface area contributed by atoms with Gasteiger partial charge in [0.1, 0.15) is 0 Å². The van der Waals surface area contributed by atoms with E-state index >= 15 is 0 Å². The van der Waals surface area contributed by atoms with Crippen LogP contribution >= 0.6 is 0 Å². The van der Waals surface area contributed by atoms with Crippen molar-refractivity contribution in [3.63, 3.8) is 0 Å². The number of aliphatic hydroxyl groups is 1. The van der Waals surface area contributed by atoms with Crippen LogP contribution in [0.25, 0.3) is 0 Å². The van der Waals surface area contributed by atoms with Crippen molar-refractivity contribution < 1.29 is 15.0 Å². The van der Waals surface area contributed by atoms with Crippen LogP contribution in [0.4, 0.5) is 0 Å². The number of β-amino-alcohol motifs (C(OH)–C–C–N with tert-alkyl or cyclic N) is 1. The molecule has 0 spiro atoms. The van der Waals surface area contributed by atoms with E-state index in [0.29, 0.717) is 24.7 Å². The van der Waals surface area contributed by atoms with Crippen molar-refractivity contribution in [3.8, 4) is 0 Å². The number of rotatable bonds is 5. The second kappa shape index (κ2) is 6.35. The van der Waals surface area contributed by atoms with Gasteiger partial charge in [0.2, 0.25) is 0 Å². The molecule has 1 aromatic rings. The predicted octanol–water partition coefficient (Wildman–Crippen LogP) is 0.882. The Labute approximate surface area is 119 Å². The fourth-order valence-electron chi connectivity index (χ4n) is 2.80. The van der Waals surface area contributed by atoms with Crippen molar-refractivity contribution in [2.75, 3.05) is 27.2 Å². The van der Waals surface area contributed by atoms with Crippen LogP contribution in [-0.4, -0.2) is 65.3 Å². The molecule has 1 heterocycles. The van der Waals surface area contributed by atoms with Gasteiger partial charge >= 0.3 is 5.97 Å². The van der Waals surface area contributed by atoms with Crippen molar-refractivity contribution in [3.05, 3.63) is 35.4 Å². The highest BCUT2D eigenvalue weighted by Crippen LogP contribution is 2.21. The van der Waals surface area contributed by atoms with Gasteiger partial charge < -0.3 is 15.1 Å². The molecule has 2 N–H and O–H groups in total. The summed E-state index contributed by atoms with van der Waals surface area (Å²) < 4.78 is 0. The SMILES string of the molecule is CN(C)CC1CC(O)CN1Cc1cccc(C(=O)O)c1. The minimum atomic E-state index is -0.904. The first kappa shape index (κ1) is 15.0. The summed E-state index contributed by atoms with van der Waals surface area (Å²) in [7, 11) is 4.04. The molecule has 1 fully saturated rings. The second-order valence-electron chi connectivity index (χ2n) is 5.74. The number of carboxylic acid groups (broad SMARTS) is 1. The highest BCUT2D eigenvalue weighted by molar-refractivity contribution is 5.87. The van der Waals surface area contributed by atoms with Gasteiger partial charge in [-0.3, -0.25) is 4.90 Å². The van der Waals surface area contributed by atoms with Crippen LogP contribution in [0, 0.1) is 0 Å². The highest BCUT2D eigenvalue weighted by Gasteiger charge is 2.31. The Morgan fingerprint density at radius 1 is 1.45 bits per heavy atom. The van der Waals surface area contributed by atoms with Crippen molar-refractivity contribution in [1.82, 2.24) is 9.80 Å². The molecule has 1 aliphatic rings. The molecule has 1 saturated heterocycles. The summed E-state index contributed by atoms with van der Waals surface area (Å²) in [6.07, 6.45) is 0.485. The topological polar surface area (TPSA) is 64.0 Å². The zero-order valence-electron chi connectivity index (χ0n) is 12.0. The lowest BCUT2D eigenvalue weighted by Gasteiger charge is -2.26. The van der Waals surface area contributed by atoms with Gasteiger partial charge in [0, 0.05) is 25.7 Å². The van der Waals surface area contributed by atoms with Gasteiger partial charge in [-0.1, -0.05) is 12.1 Å². The number of nitrogens with zero attached hydrogens (tertiary/aromatic N) is 2. The monoisotopic (exact) mass is 278 g/mol. The Kier molecular flexibility index (Phi) is 4.75. The molecule has 1 aromatic carbocycles. The van der Waals surface area contributed by atoms with E-state index in [2.05, 4.69) is 9.80 Å². The fraction of sp³-hybridized carbons (Fsp3) is 0.533. The first-order valence-corrected chi connectivity index (χ1v) is 6.85. The molecule has 0 bridgehead atoms. The van der Waals surface area contributed by atoms with Crippen LogP contribution in [0.1, 0.15) is 22.3 Å². The standard InChI is InChI=1S/C15H22N2O3/c1-16(2)9-13-7-14(18)10-17(13)8-11-4-3-5-12(6-11)15(19)20/h3-6,13-14,18H,7-10H2,1-2H3,(H,19,20). The van der Waals surface area contributed by atoms with Gasteiger partial charge in [-0.25, -0.2) is 4.79 Å². The number of carboxylic acids is 1. The van der Waals surface area contributed by atoms with Gasteiger partial charge in [-0.05, 0) is 38.2 Å². The number of hydrogen-bond acceptors (Lipinski definition) is 4. The molecule has 0 saturated carbocycles. The number of carbonyl (C=O) groups is 1. The zero-order valence-corrected chi connectivity index (χ0v) is 12.0. The molecule has 2 rings (SSSR count). The molecule has 0 amide bonds. The second-order valence-corrected chi connectivity index (χ2v) is 5.74. The Hall–Kier alpha value is -1.43. The highest BCUT2D eigenvalue weighted by atomic mass is 16.4. The summed E-state index contributed by atoms with van der Waals surface area (Å²) >= 11 is 0. The normalized spacial score (nSPS) is 23.4. The minimum Gasteiger partial charge on any atom is -0.478 e. The number of likely N-dealkylation sites (N-methyl/N-ethyl adjacent to an activating group) is 1. The van der Waals surface area contributed by atoms with Crippen molar-refractivity contribution >= 4 is 5.97 Å². The van der Waals surface area contributed by atoms with Gasteiger partial charge in [-0.2, -0.15) is 0 Å². The largest absolute Gasteiger partial charge is 0.478 e. The maximum absolute atomic E-state index is 11.0. The maximum Gasteiger partial charge on any atom is 0.335 e. The van der Waals surface area contributed by atoms with Gasteiger partial charge in [0.25, 0.3) is 0 Å². The molecular formula is C15H22N2O3. The van der Waals surface area contributed by atoms with Crippen molar-refractivity contribution in [2.24, 2.45) is 0 Å². The number of likely N-dealkylation sites (tertiary alicyclic amines) is 1. The van der Waals surface area contributed by atoms with E-state index in [1.807, 2.05) is 20.2 Å². The summed E-state index contributed by atoms with van der Waals surface area (Å²) in [6.45, 7) is 2.22. The third-order valence-corrected chi connectivity index (χ3v) is 3.64. The van der Waals surface area contributed by atoms with E-state index in [9.17, 15) is 9.90 Å². The molecule has 0 radical (unpaired) electrons. The Morgan fingerprint density at radius 3 is 2.85 bits per heavy atom.